The van der Waals surface area contributed by atoms with Gasteiger partial charge in [0.1, 0.15) is 5.75 Å². The molecule has 0 unspecified atom stereocenters. The lowest BCUT2D eigenvalue weighted by atomic mass is 10.1. The van der Waals surface area contributed by atoms with Gasteiger partial charge >= 0.3 is 0 Å². The molecule has 2 aromatic carbocycles. The van der Waals surface area contributed by atoms with Crippen LogP contribution < -0.4 is 20.8 Å². The molecular formula is C21H25N5O2S. The Morgan fingerprint density at radius 3 is 2.52 bits per heavy atom. The number of benzene rings is 2. The summed E-state index contributed by atoms with van der Waals surface area (Å²) in [6.07, 6.45) is 1.13. The number of hydrogen-bond acceptors (Lipinski definition) is 7. The van der Waals surface area contributed by atoms with Crippen molar-refractivity contribution < 1.29 is 9.53 Å². The molecule has 3 N–H and O–H groups in total. The number of amidine groups is 1. The standard InChI is InChI=1S/C21H25N5O2S/c1-15(16-4-6-18(7-5-16)24-21-22-12-3-13-29-21)25-26-20(27)14-23-17-8-10-19(28-2)11-9-17/h4-11,23H,3,12-14H2,1-2H3,(H,22,24)(H,26,27)/b25-15-. The first-order valence-electron chi connectivity index (χ1n) is 9.40. The fraction of sp³-hybridized carbons (Fsp3) is 0.286. The van der Waals surface area contributed by atoms with Gasteiger partial charge in [0.15, 0.2) is 5.17 Å². The summed E-state index contributed by atoms with van der Waals surface area (Å²) in [7, 11) is 1.62. The van der Waals surface area contributed by atoms with Gasteiger partial charge in [-0.3, -0.25) is 9.79 Å². The number of amides is 1. The molecule has 1 aliphatic rings. The second kappa shape index (κ2) is 10.5. The van der Waals surface area contributed by atoms with Gasteiger partial charge in [0.2, 0.25) is 0 Å². The Labute approximate surface area is 175 Å². The minimum absolute atomic E-state index is 0.131. The van der Waals surface area contributed by atoms with E-state index in [0.717, 1.165) is 52.3 Å². The van der Waals surface area contributed by atoms with Gasteiger partial charge in [-0.2, -0.15) is 5.10 Å². The smallest absolute Gasteiger partial charge is 0.259 e. The van der Waals surface area contributed by atoms with Crippen molar-refractivity contribution in [1.29, 1.82) is 0 Å². The van der Waals surface area contributed by atoms with Gasteiger partial charge in [0, 0.05) is 23.7 Å². The van der Waals surface area contributed by atoms with E-state index in [1.807, 2.05) is 55.5 Å². The summed E-state index contributed by atoms with van der Waals surface area (Å²) in [5.41, 5.74) is 6.08. The summed E-state index contributed by atoms with van der Waals surface area (Å²) in [5, 5.41) is 11.5. The van der Waals surface area contributed by atoms with Crippen molar-refractivity contribution in [1.82, 2.24) is 5.43 Å². The van der Waals surface area contributed by atoms with Gasteiger partial charge < -0.3 is 15.4 Å². The van der Waals surface area contributed by atoms with Crippen LogP contribution in [0, 0.1) is 0 Å². The number of aliphatic imine (C=N–C) groups is 1. The van der Waals surface area contributed by atoms with Crippen molar-refractivity contribution in [3.05, 3.63) is 54.1 Å². The Kier molecular flexibility index (Phi) is 7.52. The van der Waals surface area contributed by atoms with E-state index in [0.29, 0.717) is 0 Å². The maximum Gasteiger partial charge on any atom is 0.259 e. The van der Waals surface area contributed by atoms with Gasteiger partial charge in [-0.15, -0.1) is 0 Å². The summed E-state index contributed by atoms with van der Waals surface area (Å²) in [6.45, 7) is 2.87. The number of nitrogens with one attached hydrogen (secondary N) is 3. The molecule has 8 heteroatoms. The topological polar surface area (TPSA) is 87.1 Å². The molecule has 0 saturated carbocycles. The van der Waals surface area contributed by atoms with Crippen LogP contribution in [0.4, 0.5) is 11.4 Å². The zero-order valence-corrected chi connectivity index (χ0v) is 17.4. The molecular weight excluding hydrogens is 386 g/mol. The van der Waals surface area contributed by atoms with Crippen molar-refractivity contribution in [2.45, 2.75) is 13.3 Å². The Morgan fingerprint density at radius 1 is 1.14 bits per heavy atom. The van der Waals surface area contributed by atoms with Crippen LogP contribution in [-0.2, 0) is 4.79 Å². The lowest BCUT2D eigenvalue weighted by molar-refractivity contribution is -0.119. The molecule has 29 heavy (non-hydrogen) atoms. The highest BCUT2D eigenvalue weighted by atomic mass is 32.2. The maximum atomic E-state index is 12.0. The third-order valence-electron chi connectivity index (χ3n) is 4.24. The summed E-state index contributed by atoms with van der Waals surface area (Å²) in [5.74, 6) is 1.65. The van der Waals surface area contributed by atoms with E-state index in [9.17, 15) is 4.79 Å². The first-order valence-corrected chi connectivity index (χ1v) is 10.4. The Bertz CT molecular complexity index is 879. The average molecular weight is 412 g/mol. The normalized spacial score (nSPS) is 14.0. The van der Waals surface area contributed by atoms with E-state index in [2.05, 4.69) is 26.2 Å². The predicted molar refractivity (Wildman–Crippen MR) is 121 cm³/mol. The SMILES string of the molecule is COc1ccc(NCC(=O)N/N=C(/C)c2ccc(NC3=NCCCS3)cc2)cc1. The molecule has 0 fully saturated rings. The van der Waals surface area contributed by atoms with E-state index < -0.39 is 0 Å². The first kappa shape index (κ1) is 20.7. The quantitative estimate of drug-likeness (QED) is 0.479. The van der Waals surface area contributed by atoms with Crippen LogP contribution in [-0.4, -0.2) is 42.7 Å². The number of hydrogen-bond donors (Lipinski definition) is 3. The largest absolute Gasteiger partial charge is 0.497 e. The van der Waals surface area contributed by atoms with Gasteiger partial charge in [-0.05, 0) is 55.3 Å². The maximum absolute atomic E-state index is 12.0. The number of rotatable bonds is 7. The fourth-order valence-electron chi connectivity index (χ4n) is 2.59. The fourth-order valence-corrected chi connectivity index (χ4v) is 3.43. The molecule has 1 amide bonds. The van der Waals surface area contributed by atoms with E-state index in [-0.39, 0.29) is 12.5 Å². The second-order valence-electron chi connectivity index (χ2n) is 6.41. The third-order valence-corrected chi connectivity index (χ3v) is 5.24. The summed E-state index contributed by atoms with van der Waals surface area (Å²) in [6, 6.07) is 15.3. The molecule has 0 atom stereocenters. The van der Waals surface area contributed by atoms with E-state index in [1.54, 1.807) is 18.9 Å². The monoisotopic (exact) mass is 411 g/mol. The van der Waals surface area contributed by atoms with E-state index in [1.165, 1.54) is 0 Å². The second-order valence-corrected chi connectivity index (χ2v) is 7.49. The number of carbonyl (C=O) groups is 1. The lowest BCUT2D eigenvalue weighted by Crippen LogP contribution is -2.26. The minimum Gasteiger partial charge on any atom is -0.497 e. The molecule has 1 heterocycles. The van der Waals surface area contributed by atoms with Crippen molar-refractivity contribution in [3.63, 3.8) is 0 Å². The zero-order valence-electron chi connectivity index (χ0n) is 16.6. The van der Waals surface area contributed by atoms with E-state index >= 15 is 0 Å². The molecule has 0 aliphatic carbocycles. The van der Waals surface area contributed by atoms with Gasteiger partial charge in [-0.25, -0.2) is 5.43 Å². The zero-order chi connectivity index (χ0) is 20.5. The number of ether oxygens (including phenoxy) is 1. The van der Waals surface area contributed by atoms with Crippen molar-refractivity contribution in [2.75, 3.05) is 36.6 Å². The minimum atomic E-state index is -0.217. The molecule has 0 aromatic heterocycles. The predicted octanol–water partition coefficient (Wildman–Crippen LogP) is 3.55. The van der Waals surface area contributed by atoms with Crippen molar-refractivity contribution in [2.24, 2.45) is 10.1 Å². The molecule has 0 radical (unpaired) electrons. The molecule has 0 bridgehead atoms. The Morgan fingerprint density at radius 2 is 1.86 bits per heavy atom. The number of hydrazone groups is 1. The van der Waals surface area contributed by atoms with Crippen molar-refractivity contribution >= 4 is 39.9 Å². The Hall–Kier alpha value is -3.00. The first-order chi connectivity index (χ1) is 14.1. The van der Waals surface area contributed by atoms with Crippen molar-refractivity contribution in [3.8, 4) is 5.75 Å². The van der Waals surface area contributed by atoms with Crippen LogP contribution in [0.5, 0.6) is 5.75 Å². The van der Waals surface area contributed by atoms with Crippen LogP contribution >= 0.6 is 11.8 Å². The molecule has 7 nitrogen and oxygen atoms in total. The van der Waals surface area contributed by atoms with Crippen LogP contribution in [0.25, 0.3) is 0 Å². The molecule has 2 aromatic rings. The molecule has 0 saturated heterocycles. The summed E-state index contributed by atoms with van der Waals surface area (Å²) in [4.78, 5) is 16.5. The highest BCUT2D eigenvalue weighted by Crippen LogP contribution is 2.17. The van der Waals surface area contributed by atoms with Crippen LogP contribution in [0.15, 0.2) is 58.6 Å². The molecule has 0 spiro atoms. The number of methoxy groups -OCH3 is 1. The summed E-state index contributed by atoms with van der Waals surface area (Å²) >= 11 is 1.74. The number of thioether (sulfide) groups is 1. The van der Waals surface area contributed by atoms with Gasteiger partial charge in [-0.1, -0.05) is 23.9 Å². The third kappa shape index (κ3) is 6.53. The number of carbonyl (C=O) groups excluding carboxylic acids is 1. The highest BCUT2D eigenvalue weighted by Gasteiger charge is 2.07. The molecule has 152 valence electrons. The number of anilines is 2. The van der Waals surface area contributed by atoms with Gasteiger partial charge in [0.25, 0.3) is 5.91 Å². The van der Waals surface area contributed by atoms with Gasteiger partial charge in [0.05, 0.1) is 19.4 Å². The lowest BCUT2D eigenvalue weighted by Gasteiger charge is -2.13. The average Bonchev–Trinajstić information content (AvgIpc) is 2.77. The van der Waals surface area contributed by atoms with Crippen LogP contribution in [0.1, 0.15) is 18.9 Å². The van der Waals surface area contributed by atoms with E-state index in [4.69, 9.17) is 4.74 Å². The summed E-state index contributed by atoms with van der Waals surface area (Å²) < 4.78 is 5.11. The number of nitrogens with zero attached hydrogens (tertiary/aromatic N) is 2. The highest BCUT2D eigenvalue weighted by molar-refractivity contribution is 8.14. The Balaban J connectivity index is 1.47. The van der Waals surface area contributed by atoms with Crippen LogP contribution in [0.2, 0.25) is 0 Å². The molecule has 3 rings (SSSR count). The molecule has 1 aliphatic heterocycles. The van der Waals surface area contributed by atoms with Crippen LogP contribution in [0.3, 0.4) is 0 Å².